The summed E-state index contributed by atoms with van der Waals surface area (Å²) in [6.45, 7) is 13.5. The first-order valence-electron chi connectivity index (χ1n) is 6.78. The predicted molar refractivity (Wildman–Crippen MR) is 83.9 cm³/mol. The summed E-state index contributed by atoms with van der Waals surface area (Å²) in [6, 6.07) is 0. The summed E-state index contributed by atoms with van der Waals surface area (Å²) in [4.78, 5) is 0. The molecule has 0 aliphatic carbocycles. The van der Waals surface area contributed by atoms with E-state index >= 15 is 0 Å². The van der Waals surface area contributed by atoms with Crippen molar-refractivity contribution in [1.29, 1.82) is 0 Å². The Hall–Kier alpha value is -2.23. The Labute approximate surface area is 136 Å². The molecular weight excluding hydrogens is 320 g/mol. The molecule has 0 saturated heterocycles. The number of imidazole rings is 2. The maximum absolute atomic E-state index is 8.52. The van der Waals surface area contributed by atoms with Crippen molar-refractivity contribution >= 4 is 22.8 Å². The summed E-state index contributed by atoms with van der Waals surface area (Å²) in [5.74, 6) is 0. The minimum absolute atomic E-state index is 1.01. The first-order valence-corrected chi connectivity index (χ1v) is 8.11. The molecule has 2 aromatic heterocycles. The van der Waals surface area contributed by atoms with Crippen LogP contribution >= 0.6 is 0 Å². The molecule has 0 saturated carbocycles. The van der Waals surface area contributed by atoms with Gasteiger partial charge in [-0.05, 0) is 13.8 Å². The molecule has 9 heteroatoms. The van der Waals surface area contributed by atoms with Gasteiger partial charge in [-0.15, -0.1) is 0 Å². The van der Waals surface area contributed by atoms with Crippen molar-refractivity contribution in [3.8, 4) is 0 Å². The molecule has 2 heterocycles. The van der Waals surface area contributed by atoms with Crippen LogP contribution in [0.2, 0.25) is 0 Å². The number of hydrogen-bond acceptors (Lipinski definition) is 4. The zero-order valence-electron chi connectivity index (χ0n) is 13.3. The third kappa shape index (κ3) is 11.0. The smallest absolute Gasteiger partial charge is 0.248 e. The van der Waals surface area contributed by atoms with Crippen molar-refractivity contribution in [1.82, 2.24) is 9.13 Å². The fourth-order valence-electron chi connectivity index (χ4n) is 1.41. The van der Waals surface area contributed by atoms with Gasteiger partial charge in [0.1, 0.15) is 24.8 Å². The number of hydrogen-bond donors (Lipinski definition) is 0. The number of aryl methyl sites for hydroxylation is 2. The van der Waals surface area contributed by atoms with Gasteiger partial charge in [0.05, 0.1) is 25.5 Å². The van der Waals surface area contributed by atoms with E-state index in [2.05, 4.69) is 36.1 Å². The first-order chi connectivity index (χ1) is 10.7. The third-order valence-electron chi connectivity index (χ3n) is 2.58. The zero-order valence-corrected chi connectivity index (χ0v) is 14.1. The van der Waals surface area contributed by atoms with Gasteiger partial charge < -0.3 is 9.11 Å². The van der Waals surface area contributed by atoms with Crippen LogP contribution in [0, 0.1) is 0 Å². The molecule has 0 aromatic carbocycles. The highest BCUT2D eigenvalue weighted by Gasteiger charge is 1.95. The number of nitrogens with zero attached hydrogens (tertiary/aromatic N) is 4. The maximum atomic E-state index is 8.52. The Kier molecular flexibility index (Phi) is 9.47. The summed E-state index contributed by atoms with van der Waals surface area (Å²) in [5, 5.41) is 0. The van der Waals surface area contributed by atoms with Gasteiger partial charge in [0, 0.05) is 10.4 Å². The maximum Gasteiger partial charge on any atom is 0.248 e. The molecule has 2 aromatic rings. The molecule has 23 heavy (non-hydrogen) atoms. The summed E-state index contributed by atoms with van der Waals surface area (Å²) >= 11 is 0. The summed E-state index contributed by atoms with van der Waals surface area (Å²) in [6.07, 6.45) is 15.5. The first kappa shape index (κ1) is 20.8. The lowest BCUT2D eigenvalue weighted by atomic mass is 10.7. The van der Waals surface area contributed by atoms with Gasteiger partial charge in [0.15, 0.2) is 0 Å². The van der Waals surface area contributed by atoms with Gasteiger partial charge >= 0.3 is 0 Å². The van der Waals surface area contributed by atoms with Gasteiger partial charge in [-0.3, -0.25) is 8.42 Å². The predicted octanol–water partition coefficient (Wildman–Crippen LogP) is 0.454. The van der Waals surface area contributed by atoms with Crippen molar-refractivity contribution in [2.45, 2.75) is 26.9 Å². The second kappa shape index (κ2) is 10.5. The van der Waals surface area contributed by atoms with Gasteiger partial charge in [-0.25, -0.2) is 18.3 Å². The fourth-order valence-corrected chi connectivity index (χ4v) is 1.41. The molecule has 0 fully saturated rings. The summed E-state index contributed by atoms with van der Waals surface area (Å²) in [5.41, 5.74) is 0. The molecule has 0 unspecified atom stereocenters. The summed E-state index contributed by atoms with van der Waals surface area (Å²) < 4.78 is 42.1. The highest BCUT2D eigenvalue weighted by molar-refractivity contribution is 7.79. The Morgan fingerprint density at radius 2 is 1.26 bits per heavy atom. The second-order valence-electron chi connectivity index (χ2n) is 4.16. The Morgan fingerprint density at radius 3 is 1.39 bits per heavy atom. The van der Waals surface area contributed by atoms with Crippen molar-refractivity contribution in [3.05, 3.63) is 50.6 Å². The average Bonchev–Trinajstić information content (AvgIpc) is 3.14. The van der Waals surface area contributed by atoms with E-state index in [1.54, 1.807) is 12.4 Å². The van der Waals surface area contributed by atoms with E-state index in [9.17, 15) is 0 Å². The van der Waals surface area contributed by atoms with E-state index in [-0.39, 0.29) is 0 Å². The Morgan fingerprint density at radius 1 is 0.957 bits per heavy atom. The average molecular weight is 342 g/mol. The van der Waals surface area contributed by atoms with Crippen LogP contribution in [0.5, 0.6) is 0 Å². The minimum atomic E-state index is -5.17. The molecule has 0 aliphatic heterocycles. The Bertz CT molecular complexity index is 650. The van der Waals surface area contributed by atoms with E-state index < -0.39 is 10.4 Å². The van der Waals surface area contributed by atoms with Gasteiger partial charge in [0.2, 0.25) is 12.7 Å². The monoisotopic (exact) mass is 342 g/mol. The lowest BCUT2D eigenvalue weighted by Gasteiger charge is -2.06. The van der Waals surface area contributed by atoms with E-state index in [0.717, 1.165) is 13.1 Å². The minimum Gasteiger partial charge on any atom is -0.759 e. The molecule has 0 bridgehead atoms. The van der Waals surface area contributed by atoms with Crippen molar-refractivity contribution in [3.63, 3.8) is 0 Å². The van der Waals surface area contributed by atoms with E-state index in [1.165, 1.54) is 0 Å². The van der Waals surface area contributed by atoms with Crippen molar-refractivity contribution in [2.75, 3.05) is 0 Å². The van der Waals surface area contributed by atoms with E-state index in [1.807, 2.05) is 46.6 Å². The molecule has 2 rings (SSSR count). The fraction of sp³-hybridized carbons (Fsp3) is 0.286. The molecule has 0 amide bonds. The highest BCUT2D eigenvalue weighted by Crippen LogP contribution is 1.82. The molecule has 0 atom stereocenters. The van der Waals surface area contributed by atoms with Crippen molar-refractivity contribution in [2.24, 2.45) is 0 Å². The molecule has 8 nitrogen and oxygen atoms in total. The van der Waals surface area contributed by atoms with E-state index in [4.69, 9.17) is 17.5 Å². The number of aromatic nitrogens is 4. The van der Waals surface area contributed by atoms with Crippen LogP contribution < -0.4 is 9.13 Å². The Balaban J connectivity index is 0.000000332. The largest absolute Gasteiger partial charge is 0.759 e. The van der Waals surface area contributed by atoms with Crippen LogP contribution in [0.15, 0.2) is 50.6 Å². The molecule has 0 spiro atoms. The third-order valence-corrected chi connectivity index (χ3v) is 2.58. The lowest BCUT2D eigenvalue weighted by molar-refractivity contribution is -0.567. The quantitative estimate of drug-likeness (QED) is 0.458. The lowest BCUT2D eigenvalue weighted by Crippen LogP contribution is -2.21. The highest BCUT2D eigenvalue weighted by atomic mass is 32.3. The van der Waals surface area contributed by atoms with Gasteiger partial charge in [-0.2, -0.15) is 0 Å². The second-order valence-corrected chi connectivity index (χ2v) is 4.97. The topological polar surface area (TPSA) is 97.9 Å². The molecule has 0 radical (unpaired) electrons. The molecular formula is C14H22N4O4S. The molecule has 0 aliphatic rings. The van der Waals surface area contributed by atoms with Gasteiger partial charge in [0.25, 0.3) is 0 Å². The standard InChI is InChI=1S/2C7H11N2.H2O4S/c2*1-3-8-5-6-9(4-2)7-8;1-5(2,3)4/h2*3,5-7H,1,4H2,2H3;(H2,1,2,3,4)/q2*+1;/p-2. The van der Waals surface area contributed by atoms with Crippen LogP contribution in [0.25, 0.3) is 12.4 Å². The SMILES string of the molecule is C=C[n+]1ccn(CC)c1.C=C[n+]1ccn(CC)c1.O=S(=O)([O-])[O-]. The van der Waals surface area contributed by atoms with Crippen LogP contribution in [0.4, 0.5) is 0 Å². The molecule has 128 valence electrons. The van der Waals surface area contributed by atoms with Crippen LogP contribution in [0.3, 0.4) is 0 Å². The van der Waals surface area contributed by atoms with Crippen LogP contribution in [-0.4, -0.2) is 26.7 Å². The number of rotatable bonds is 4. The zero-order chi connectivity index (χ0) is 17.9. The van der Waals surface area contributed by atoms with Crippen LogP contribution in [-0.2, 0) is 23.5 Å². The van der Waals surface area contributed by atoms with Crippen LogP contribution in [0.1, 0.15) is 13.8 Å². The summed E-state index contributed by atoms with van der Waals surface area (Å²) in [7, 11) is -5.17. The molecule has 0 N–H and O–H groups in total. The van der Waals surface area contributed by atoms with Gasteiger partial charge in [-0.1, -0.05) is 13.2 Å². The van der Waals surface area contributed by atoms with E-state index in [0.29, 0.717) is 0 Å². The normalized spacial score (nSPS) is 9.91. The van der Waals surface area contributed by atoms with Crippen molar-refractivity contribution < 1.29 is 26.7 Å².